The van der Waals surface area contributed by atoms with Crippen molar-refractivity contribution in [3.05, 3.63) is 68.8 Å². The van der Waals surface area contributed by atoms with Gasteiger partial charge in [0.15, 0.2) is 5.82 Å². The van der Waals surface area contributed by atoms with Gasteiger partial charge in [-0.05, 0) is 43.8 Å². The summed E-state index contributed by atoms with van der Waals surface area (Å²) >= 11 is 7.34. The van der Waals surface area contributed by atoms with Gasteiger partial charge in [-0.3, -0.25) is 9.62 Å². The van der Waals surface area contributed by atoms with Gasteiger partial charge in [0.05, 0.1) is 16.2 Å². The highest BCUT2D eigenvalue weighted by Crippen LogP contribution is 2.30. The van der Waals surface area contributed by atoms with Crippen molar-refractivity contribution in [1.29, 1.82) is 0 Å². The molecule has 1 aliphatic rings. The molecule has 0 radical (unpaired) electrons. The summed E-state index contributed by atoms with van der Waals surface area (Å²) in [6.07, 6.45) is 1.01. The first-order valence-electron chi connectivity index (χ1n) is 9.56. The minimum absolute atomic E-state index is 0.0512. The zero-order chi connectivity index (χ0) is 22.9. The van der Waals surface area contributed by atoms with Crippen LogP contribution in [0.5, 0.6) is 0 Å². The second kappa shape index (κ2) is 9.26. The van der Waals surface area contributed by atoms with Crippen molar-refractivity contribution in [1.82, 2.24) is 9.88 Å². The van der Waals surface area contributed by atoms with Gasteiger partial charge >= 0.3 is 0 Å². The number of halogens is 4. The molecule has 1 fully saturated rings. The number of benzene rings is 2. The highest BCUT2D eigenvalue weighted by atomic mass is 35.5. The molecule has 2 heterocycles. The van der Waals surface area contributed by atoms with E-state index in [2.05, 4.69) is 15.0 Å². The SMILES string of the molecule is O=S(=O)(Nc1cscn1)c1cc(Cl)c(NCc2c(F)ccc(F)c2CN2CCC2)cc1F. The monoisotopic (exact) mass is 502 g/mol. The summed E-state index contributed by atoms with van der Waals surface area (Å²) in [6.45, 7) is 1.73. The fourth-order valence-corrected chi connectivity index (χ4v) is 5.21. The van der Waals surface area contributed by atoms with E-state index in [1.54, 1.807) is 0 Å². The Balaban J connectivity index is 1.56. The van der Waals surface area contributed by atoms with Crippen LogP contribution in [0.25, 0.3) is 0 Å². The van der Waals surface area contributed by atoms with Gasteiger partial charge in [-0.25, -0.2) is 26.6 Å². The molecule has 0 spiro atoms. The van der Waals surface area contributed by atoms with E-state index in [-0.39, 0.29) is 40.7 Å². The highest BCUT2D eigenvalue weighted by Gasteiger charge is 2.24. The maximum absolute atomic E-state index is 14.7. The van der Waals surface area contributed by atoms with Crippen molar-refractivity contribution < 1.29 is 21.6 Å². The normalized spacial score (nSPS) is 14.2. The fraction of sp³-hybridized carbons (Fsp3) is 0.250. The first-order valence-corrected chi connectivity index (χ1v) is 12.4. The molecule has 170 valence electrons. The van der Waals surface area contributed by atoms with Crippen LogP contribution in [0.4, 0.5) is 24.7 Å². The van der Waals surface area contributed by atoms with E-state index in [1.807, 2.05) is 4.90 Å². The number of rotatable bonds is 8. The Morgan fingerprint density at radius 1 is 1.09 bits per heavy atom. The molecule has 6 nitrogen and oxygen atoms in total. The number of nitrogens with zero attached hydrogens (tertiary/aromatic N) is 2. The quantitative estimate of drug-likeness (QED) is 0.461. The van der Waals surface area contributed by atoms with Crippen molar-refractivity contribution in [3.63, 3.8) is 0 Å². The van der Waals surface area contributed by atoms with Gasteiger partial charge in [0.1, 0.15) is 22.3 Å². The minimum Gasteiger partial charge on any atom is -0.380 e. The van der Waals surface area contributed by atoms with Crippen LogP contribution in [0.1, 0.15) is 17.5 Å². The van der Waals surface area contributed by atoms with E-state index in [1.165, 1.54) is 22.2 Å². The molecule has 0 amide bonds. The highest BCUT2D eigenvalue weighted by molar-refractivity contribution is 7.92. The predicted molar refractivity (Wildman–Crippen MR) is 118 cm³/mol. The van der Waals surface area contributed by atoms with Gasteiger partial charge in [-0.2, -0.15) is 0 Å². The summed E-state index contributed by atoms with van der Waals surface area (Å²) in [4.78, 5) is 5.14. The Hall–Kier alpha value is -2.34. The van der Waals surface area contributed by atoms with Crippen LogP contribution in [0.2, 0.25) is 5.02 Å². The Labute approximate surface area is 192 Å². The lowest BCUT2D eigenvalue weighted by Gasteiger charge is -2.31. The van der Waals surface area contributed by atoms with Gasteiger partial charge in [-0.1, -0.05) is 11.6 Å². The molecular weight excluding hydrogens is 485 g/mol. The summed E-state index contributed by atoms with van der Waals surface area (Å²) < 4.78 is 70.6. The molecule has 2 aromatic carbocycles. The van der Waals surface area contributed by atoms with Crippen molar-refractivity contribution in [3.8, 4) is 0 Å². The van der Waals surface area contributed by atoms with Crippen LogP contribution in [-0.4, -0.2) is 31.4 Å². The first kappa shape index (κ1) is 22.8. The molecule has 32 heavy (non-hydrogen) atoms. The topological polar surface area (TPSA) is 74.3 Å². The molecule has 12 heteroatoms. The minimum atomic E-state index is -4.26. The van der Waals surface area contributed by atoms with Gasteiger partial charge in [0.25, 0.3) is 10.0 Å². The van der Waals surface area contributed by atoms with E-state index >= 15 is 0 Å². The second-order valence-corrected chi connectivity index (χ2v) is 9.99. The number of sulfonamides is 1. The number of likely N-dealkylation sites (tertiary alicyclic amines) is 1. The van der Waals surface area contributed by atoms with Crippen molar-refractivity contribution in [2.45, 2.75) is 24.4 Å². The van der Waals surface area contributed by atoms with Gasteiger partial charge in [0.2, 0.25) is 0 Å². The fourth-order valence-electron chi connectivity index (χ4n) is 3.27. The molecule has 2 N–H and O–H groups in total. The van der Waals surface area contributed by atoms with E-state index < -0.39 is 32.4 Å². The number of hydrogen-bond acceptors (Lipinski definition) is 6. The maximum atomic E-state index is 14.7. The lowest BCUT2D eigenvalue weighted by Crippen LogP contribution is -2.37. The largest absolute Gasteiger partial charge is 0.380 e. The van der Waals surface area contributed by atoms with Crippen molar-refractivity contribution in [2.75, 3.05) is 23.1 Å². The molecular formula is C20H18ClF3N4O2S2. The third kappa shape index (κ3) is 4.85. The molecule has 0 bridgehead atoms. The summed E-state index contributed by atoms with van der Waals surface area (Å²) in [5.74, 6) is -2.12. The first-order chi connectivity index (χ1) is 15.2. The van der Waals surface area contributed by atoms with Gasteiger partial charge in [0, 0.05) is 29.6 Å². The maximum Gasteiger partial charge on any atom is 0.266 e. The molecule has 1 saturated heterocycles. The van der Waals surface area contributed by atoms with E-state index in [9.17, 15) is 21.6 Å². The predicted octanol–water partition coefficient (Wildman–Crippen LogP) is 4.83. The van der Waals surface area contributed by atoms with Crippen LogP contribution >= 0.6 is 22.9 Å². The summed E-state index contributed by atoms with van der Waals surface area (Å²) in [5.41, 5.74) is 1.81. The molecule has 0 atom stereocenters. The molecule has 0 aliphatic carbocycles. The number of anilines is 2. The zero-order valence-electron chi connectivity index (χ0n) is 16.5. The summed E-state index contributed by atoms with van der Waals surface area (Å²) in [6, 6.07) is 3.98. The molecule has 1 aromatic heterocycles. The van der Waals surface area contributed by atoms with Gasteiger partial charge in [-0.15, -0.1) is 11.3 Å². The Bertz CT molecular complexity index is 1240. The molecule has 3 aromatic rings. The number of thiazole rings is 1. The van der Waals surface area contributed by atoms with Crippen LogP contribution in [-0.2, 0) is 23.1 Å². The molecule has 0 unspecified atom stereocenters. The lowest BCUT2D eigenvalue weighted by atomic mass is 10.0. The van der Waals surface area contributed by atoms with Crippen LogP contribution < -0.4 is 10.0 Å². The standard InChI is InChI=1S/C20H18ClF3N4O2S2/c21-14-6-19(32(29,30)27-20-10-31-11-26-20)17(24)7-18(14)25-8-12-13(9-28-4-1-5-28)16(23)3-2-15(12)22/h2-3,6-7,10-11,25,27H,1,4-5,8-9H2. The van der Waals surface area contributed by atoms with Crippen molar-refractivity contribution >= 4 is 44.5 Å². The average molecular weight is 503 g/mol. The molecule has 1 aliphatic heterocycles. The third-order valence-electron chi connectivity index (χ3n) is 5.09. The smallest absolute Gasteiger partial charge is 0.266 e. The van der Waals surface area contributed by atoms with E-state index in [0.717, 1.165) is 43.8 Å². The second-order valence-electron chi connectivity index (χ2n) is 7.21. The summed E-state index contributed by atoms with van der Waals surface area (Å²) in [5, 5.41) is 4.15. The van der Waals surface area contributed by atoms with Crippen LogP contribution in [0.15, 0.2) is 40.1 Å². The average Bonchev–Trinajstić information content (AvgIpc) is 3.20. The number of hydrogen-bond donors (Lipinski definition) is 2. The van der Waals surface area contributed by atoms with Crippen LogP contribution in [0, 0.1) is 17.5 Å². The summed E-state index contributed by atoms with van der Waals surface area (Å²) in [7, 11) is -4.26. The Morgan fingerprint density at radius 3 is 2.44 bits per heavy atom. The number of aromatic nitrogens is 1. The van der Waals surface area contributed by atoms with Crippen LogP contribution in [0.3, 0.4) is 0 Å². The van der Waals surface area contributed by atoms with Gasteiger partial charge < -0.3 is 5.32 Å². The molecule has 0 saturated carbocycles. The Kier molecular flexibility index (Phi) is 6.61. The lowest BCUT2D eigenvalue weighted by molar-refractivity contribution is 0.169. The number of nitrogens with one attached hydrogen (secondary N) is 2. The van der Waals surface area contributed by atoms with E-state index in [0.29, 0.717) is 0 Å². The Morgan fingerprint density at radius 2 is 1.81 bits per heavy atom. The third-order valence-corrected chi connectivity index (χ3v) is 7.35. The zero-order valence-corrected chi connectivity index (χ0v) is 18.9. The van der Waals surface area contributed by atoms with Crippen molar-refractivity contribution in [2.24, 2.45) is 0 Å². The van der Waals surface area contributed by atoms with E-state index in [4.69, 9.17) is 11.6 Å². The molecule has 4 rings (SSSR count).